The van der Waals surface area contributed by atoms with E-state index in [4.69, 9.17) is 0 Å². The van der Waals surface area contributed by atoms with Gasteiger partial charge in [0, 0.05) is 12.6 Å². The molecule has 144 valence electrons. The van der Waals surface area contributed by atoms with Crippen LogP contribution in [0.25, 0.3) is 0 Å². The van der Waals surface area contributed by atoms with Crippen LogP contribution in [0.15, 0.2) is 36.9 Å². The van der Waals surface area contributed by atoms with Gasteiger partial charge in [0.25, 0.3) is 0 Å². The zero-order valence-electron chi connectivity index (χ0n) is 15.0. The van der Waals surface area contributed by atoms with Crippen LogP contribution in [0.1, 0.15) is 12.0 Å². The Balaban J connectivity index is 2.28. The number of anilines is 1. The number of hydrogen-bond donors (Lipinski definition) is 0. The van der Waals surface area contributed by atoms with Gasteiger partial charge in [-0.25, -0.2) is 16.8 Å². The molecule has 1 aliphatic rings. The molecular weight excluding hydrogens is 376 g/mol. The first kappa shape index (κ1) is 20.4. The molecule has 1 saturated heterocycles. The minimum atomic E-state index is -3.68. The Bertz CT molecular complexity index is 893. The van der Waals surface area contributed by atoms with Gasteiger partial charge in [-0.2, -0.15) is 0 Å². The van der Waals surface area contributed by atoms with E-state index in [-0.39, 0.29) is 24.6 Å². The van der Waals surface area contributed by atoms with Crippen LogP contribution in [0.3, 0.4) is 0 Å². The highest BCUT2D eigenvalue weighted by Crippen LogP contribution is 2.22. The summed E-state index contributed by atoms with van der Waals surface area (Å²) in [6.07, 6.45) is 2.91. The third kappa shape index (κ3) is 5.07. The van der Waals surface area contributed by atoms with Gasteiger partial charge in [-0.05, 0) is 31.0 Å². The van der Waals surface area contributed by atoms with Crippen molar-refractivity contribution in [2.45, 2.75) is 19.4 Å². The fraction of sp³-hybridized carbons (Fsp3) is 0.471. The van der Waals surface area contributed by atoms with Crippen molar-refractivity contribution < 1.29 is 21.6 Å². The SMILES string of the molecule is C=CCN(C(=O)CN(c1cccc(C)c1)S(C)(=O)=O)C1CCS(=O)(=O)C1. The summed E-state index contributed by atoms with van der Waals surface area (Å²) in [7, 11) is -6.85. The van der Waals surface area contributed by atoms with E-state index in [0.29, 0.717) is 12.1 Å². The molecule has 1 aromatic rings. The molecule has 1 fully saturated rings. The number of sulfonamides is 1. The minimum Gasteiger partial charge on any atom is -0.333 e. The molecule has 1 aliphatic heterocycles. The van der Waals surface area contributed by atoms with Crippen LogP contribution in [0.2, 0.25) is 0 Å². The summed E-state index contributed by atoms with van der Waals surface area (Å²) in [4.78, 5) is 14.2. The summed E-state index contributed by atoms with van der Waals surface area (Å²) >= 11 is 0. The van der Waals surface area contributed by atoms with E-state index >= 15 is 0 Å². The Labute approximate surface area is 155 Å². The van der Waals surface area contributed by atoms with E-state index in [1.807, 2.05) is 13.0 Å². The van der Waals surface area contributed by atoms with E-state index in [2.05, 4.69) is 6.58 Å². The quantitative estimate of drug-likeness (QED) is 0.636. The topological polar surface area (TPSA) is 91.8 Å². The summed E-state index contributed by atoms with van der Waals surface area (Å²) in [6, 6.07) is 6.41. The monoisotopic (exact) mass is 400 g/mol. The molecule has 26 heavy (non-hydrogen) atoms. The van der Waals surface area contributed by atoms with E-state index in [1.54, 1.807) is 18.2 Å². The fourth-order valence-electron chi connectivity index (χ4n) is 3.01. The van der Waals surface area contributed by atoms with Crippen LogP contribution < -0.4 is 4.31 Å². The number of amides is 1. The molecule has 0 radical (unpaired) electrons. The lowest BCUT2D eigenvalue weighted by molar-refractivity contribution is -0.130. The lowest BCUT2D eigenvalue weighted by Gasteiger charge is -2.30. The molecule has 1 amide bonds. The molecule has 0 spiro atoms. The van der Waals surface area contributed by atoms with Gasteiger partial charge in [0.05, 0.1) is 23.4 Å². The van der Waals surface area contributed by atoms with Crippen LogP contribution in [0.4, 0.5) is 5.69 Å². The van der Waals surface area contributed by atoms with Crippen molar-refractivity contribution >= 4 is 31.5 Å². The number of aryl methyl sites for hydroxylation is 1. The van der Waals surface area contributed by atoms with E-state index < -0.39 is 31.8 Å². The Morgan fingerprint density at radius 1 is 1.38 bits per heavy atom. The summed E-state index contributed by atoms with van der Waals surface area (Å²) in [5, 5.41) is 0. The zero-order chi connectivity index (χ0) is 19.5. The molecule has 0 aromatic heterocycles. The molecule has 1 aromatic carbocycles. The summed E-state index contributed by atoms with van der Waals surface area (Å²) in [6.45, 7) is 5.23. The summed E-state index contributed by atoms with van der Waals surface area (Å²) in [5.41, 5.74) is 1.27. The van der Waals surface area contributed by atoms with Crippen LogP contribution in [0, 0.1) is 6.92 Å². The molecular formula is C17H24N2O5S2. The predicted molar refractivity (Wildman–Crippen MR) is 102 cm³/mol. The standard InChI is InChI=1S/C17H24N2O5S2/c1-4-9-18(16-8-10-26(23,24)13-16)17(20)12-19(25(3,21)22)15-7-5-6-14(2)11-15/h4-7,11,16H,1,8-10,12-13H2,2-3H3. The lowest BCUT2D eigenvalue weighted by atomic mass is 10.2. The first-order valence-corrected chi connectivity index (χ1v) is 11.9. The average Bonchev–Trinajstić information content (AvgIpc) is 2.88. The summed E-state index contributed by atoms with van der Waals surface area (Å²) < 4.78 is 49.0. The van der Waals surface area contributed by atoms with Gasteiger partial charge < -0.3 is 4.90 Å². The van der Waals surface area contributed by atoms with E-state index in [1.165, 1.54) is 11.0 Å². The highest BCUT2D eigenvalue weighted by Gasteiger charge is 2.35. The maximum Gasteiger partial charge on any atom is 0.243 e. The number of benzene rings is 1. The molecule has 1 heterocycles. The Morgan fingerprint density at radius 2 is 2.08 bits per heavy atom. The first-order valence-electron chi connectivity index (χ1n) is 8.18. The molecule has 1 unspecified atom stereocenters. The van der Waals surface area contributed by atoms with Crippen LogP contribution in [-0.4, -0.2) is 64.5 Å². The predicted octanol–water partition coefficient (Wildman–Crippen LogP) is 0.963. The third-order valence-electron chi connectivity index (χ3n) is 4.26. The molecule has 0 aliphatic carbocycles. The van der Waals surface area contributed by atoms with Crippen LogP contribution in [0.5, 0.6) is 0 Å². The number of rotatable bonds is 7. The van der Waals surface area contributed by atoms with Crippen LogP contribution in [-0.2, 0) is 24.7 Å². The smallest absolute Gasteiger partial charge is 0.243 e. The molecule has 7 nitrogen and oxygen atoms in total. The van der Waals surface area contributed by atoms with E-state index in [9.17, 15) is 21.6 Å². The van der Waals surface area contributed by atoms with Gasteiger partial charge in [0.15, 0.2) is 9.84 Å². The van der Waals surface area contributed by atoms with Gasteiger partial charge in [-0.15, -0.1) is 6.58 Å². The van der Waals surface area contributed by atoms with Gasteiger partial charge in [-0.1, -0.05) is 18.2 Å². The fourth-order valence-corrected chi connectivity index (χ4v) is 5.58. The highest BCUT2D eigenvalue weighted by atomic mass is 32.2. The minimum absolute atomic E-state index is 0.0340. The number of sulfone groups is 1. The molecule has 9 heteroatoms. The maximum atomic E-state index is 12.8. The van der Waals surface area contributed by atoms with Crippen molar-refractivity contribution in [3.05, 3.63) is 42.5 Å². The highest BCUT2D eigenvalue weighted by molar-refractivity contribution is 7.92. The molecule has 0 N–H and O–H groups in total. The third-order valence-corrected chi connectivity index (χ3v) is 7.16. The van der Waals surface area contributed by atoms with Gasteiger partial charge in [-0.3, -0.25) is 9.10 Å². The molecule has 1 atom stereocenters. The summed E-state index contributed by atoms with van der Waals surface area (Å²) in [5.74, 6) is -0.513. The van der Waals surface area contributed by atoms with Crippen molar-refractivity contribution in [1.82, 2.24) is 4.90 Å². The Morgan fingerprint density at radius 3 is 2.58 bits per heavy atom. The van der Waals surface area contributed by atoms with Crippen molar-refractivity contribution in [3.63, 3.8) is 0 Å². The van der Waals surface area contributed by atoms with E-state index in [0.717, 1.165) is 16.1 Å². The Kier molecular flexibility index (Phi) is 6.13. The van der Waals surface area contributed by atoms with Crippen molar-refractivity contribution in [2.24, 2.45) is 0 Å². The second kappa shape index (κ2) is 7.79. The van der Waals surface area contributed by atoms with Crippen molar-refractivity contribution in [2.75, 3.05) is 35.2 Å². The largest absolute Gasteiger partial charge is 0.333 e. The number of carbonyl (C=O) groups is 1. The first-order chi connectivity index (χ1) is 12.0. The number of nitrogens with zero attached hydrogens (tertiary/aromatic N) is 2. The molecule has 0 saturated carbocycles. The zero-order valence-corrected chi connectivity index (χ0v) is 16.6. The van der Waals surface area contributed by atoms with Gasteiger partial charge in [0.1, 0.15) is 6.54 Å². The lowest BCUT2D eigenvalue weighted by Crippen LogP contribution is -2.47. The molecule has 0 bridgehead atoms. The molecule has 2 rings (SSSR count). The van der Waals surface area contributed by atoms with Gasteiger partial charge in [0.2, 0.25) is 15.9 Å². The second-order valence-corrected chi connectivity index (χ2v) is 10.6. The second-order valence-electron chi connectivity index (χ2n) is 6.50. The number of hydrogen-bond acceptors (Lipinski definition) is 5. The Hall–Kier alpha value is -1.87. The van der Waals surface area contributed by atoms with Crippen molar-refractivity contribution in [1.29, 1.82) is 0 Å². The number of carbonyl (C=O) groups excluding carboxylic acids is 1. The van der Waals surface area contributed by atoms with Gasteiger partial charge >= 0.3 is 0 Å². The average molecular weight is 401 g/mol. The maximum absolute atomic E-state index is 12.8. The van der Waals surface area contributed by atoms with Crippen LogP contribution >= 0.6 is 0 Å². The van der Waals surface area contributed by atoms with Crippen molar-refractivity contribution in [3.8, 4) is 0 Å². The normalized spacial score (nSPS) is 19.1.